The van der Waals surface area contributed by atoms with Gasteiger partial charge in [-0.3, -0.25) is 9.79 Å². The van der Waals surface area contributed by atoms with Crippen LogP contribution >= 0.6 is 24.0 Å². The number of nitrogens with one attached hydrogen (secondary N) is 1. The molecule has 0 aromatic heterocycles. The van der Waals surface area contributed by atoms with Gasteiger partial charge in [-0.05, 0) is 55.4 Å². The Morgan fingerprint density at radius 3 is 2.52 bits per heavy atom. The second-order valence-electron chi connectivity index (χ2n) is 8.18. The number of aliphatic imine (C=N–C) groups is 1. The molecule has 0 spiro atoms. The Bertz CT molecular complexity index is 785. The summed E-state index contributed by atoms with van der Waals surface area (Å²) in [4.78, 5) is 21.2. The van der Waals surface area contributed by atoms with E-state index in [1.807, 2.05) is 23.1 Å². The smallest absolute Gasteiger partial charge is 0.222 e. The van der Waals surface area contributed by atoms with Gasteiger partial charge in [-0.1, -0.05) is 12.5 Å². The van der Waals surface area contributed by atoms with Gasteiger partial charge in [0.2, 0.25) is 5.91 Å². The van der Waals surface area contributed by atoms with E-state index in [-0.39, 0.29) is 29.9 Å². The molecule has 0 saturated heterocycles. The zero-order valence-electron chi connectivity index (χ0n) is 20.7. The molecule has 8 heteroatoms. The van der Waals surface area contributed by atoms with E-state index in [0.717, 1.165) is 62.6 Å². The summed E-state index contributed by atoms with van der Waals surface area (Å²) in [6.07, 6.45) is 8.71. The molecule has 0 atom stereocenters. The molecule has 1 N–H and O–H groups in total. The third kappa shape index (κ3) is 9.06. The van der Waals surface area contributed by atoms with Gasteiger partial charge in [0.15, 0.2) is 17.5 Å². The zero-order valence-corrected chi connectivity index (χ0v) is 23.0. The molecule has 1 aromatic carbocycles. The minimum Gasteiger partial charge on any atom is -0.493 e. The maximum absolute atomic E-state index is 12.8. The molecule has 186 valence electrons. The van der Waals surface area contributed by atoms with Crippen LogP contribution in [0.1, 0.15) is 49.7 Å². The van der Waals surface area contributed by atoms with E-state index in [1.165, 1.54) is 18.4 Å². The van der Waals surface area contributed by atoms with Gasteiger partial charge in [0.05, 0.1) is 14.2 Å². The first-order valence-corrected chi connectivity index (χ1v) is 11.6. The number of allylic oxidation sites excluding steroid dienone is 1. The average molecular weight is 573 g/mol. The second-order valence-corrected chi connectivity index (χ2v) is 8.18. The summed E-state index contributed by atoms with van der Waals surface area (Å²) in [6, 6.07) is 4.02. The summed E-state index contributed by atoms with van der Waals surface area (Å²) >= 11 is 0. The number of benzene rings is 1. The van der Waals surface area contributed by atoms with Gasteiger partial charge < -0.3 is 24.6 Å². The van der Waals surface area contributed by atoms with Crippen molar-refractivity contribution in [1.82, 2.24) is 15.1 Å². The molecule has 0 radical (unpaired) electrons. The van der Waals surface area contributed by atoms with Gasteiger partial charge in [-0.2, -0.15) is 0 Å². The van der Waals surface area contributed by atoms with Crippen LogP contribution in [0.25, 0.3) is 0 Å². The van der Waals surface area contributed by atoms with Crippen molar-refractivity contribution in [3.05, 3.63) is 35.9 Å². The Balaban J connectivity index is 0.00000544. The van der Waals surface area contributed by atoms with Crippen LogP contribution in [0.3, 0.4) is 0 Å². The minimum atomic E-state index is 0. The van der Waals surface area contributed by atoms with E-state index in [4.69, 9.17) is 9.47 Å². The molecule has 0 fully saturated rings. The number of methoxy groups -OCH3 is 2. The molecule has 1 aromatic rings. The van der Waals surface area contributed by atoms with Crippen molar-refractivity contribution in [3.8, 4) is 11.5 Å². The number of nitrogens with zero attached hydrogens (tertiary/aromatic N) is 3. The fourth-order valence-corrected chi connectivity index (χ4v) is 4.00. The number of hydrogen-bond acceptors (Lipinski definition) is 4. The van der Waals surface area contributed by atoms with Crippen LogP contribution in [0.2, 0.25) is 0 Å². The first-order valence-electron chi connectivity index (χ1n) is 11.6. The minimum absolute atomic E-state index is 0. The molecule has 0 aliphatic carbocycles. The number of ether oxygens (including phenoxy) is 2. The standard InChI is InChI=1S/C25H40N4O3.HI/c1-6-7-8-9-10-15-28(3)25(26-2)27-14-11-12-24(30)29-16-13-20-17-22(31-4)23(32-5)18-21(20)19-29;/h6,17-18H,1,7-16,19H2,2-5H3,(H,26,27);1H. The van der Waals surface area contributed by atoms with Crippen molar-refractivity contribution in [3.63, 3.8) is 0 Å². The number of hydrogen-bond donors (Lipinski definition) is 1. The molecule has 0 saturated carbocycles. The highest BCUT2D eigenvalue weighted by Crippen LogP contribution is 2.33. The summed E-state index contributed by atoms with van der Waals surface area (Å²) in [7, 11) is 7.14. The van der Waals surface area contributed by atoms with E-state index in [9.17, 15) is 4.79 Å². The van der Waals surface area contributed by atoms with Crippen LogP contribution in [0.5, 0.6) is 11.5 Å². The summed E-state index contributed by atoms with van der Waals surface area (Å²) < 4.78 is 10.8. The lowest BCUT2D eigenvalue weighted by Crippen LogP contribution is -2.40. The molecule has 33 heavy (non-hydrogen) atoms. The number of halogens is 1. The number of unbranched alkanes of at least 4 members (excludes halogenated alkanes) is 3. The van der Waals surface area contributed by atoms with E-state index in [1.54, 1.807) is 21.3 Å². The molecule has 0 unspecified atom stereocenters. The van der Waals surface area contributed by atoms with Gasteiger partial charge in [0.1, 0.15) is 0 Å². The number of carbonyl (C=O) groups is 1. The van der Waals surface area contributed by atoms with Gasteiger partial charge in [0, 0.05) is 46.7 Å². The van der Waals surface area contributed by atoms with Gasteiger partial charge >= 0.3 is 0 Å². The highest BCUT2D eigenvalue weighted by atomic mass is 127. The third-order valence-electron chi connectivity index (χ3n) is 5.90. The largest absolute Gasteiger partial charge is 0.493 e. The highest BCUT2D eigenvalue weighted by molar-refractivity contribution is 14.0. The van der Waals surface area contributed by atoms with E-state index in [2.05, 4.69) is 28.8 Å². The lowest BCUT2D eigenvalue weighted by molar-refractivity contribution is -0.132. The van der Waals surface area contributed by atoms with Crippen molar-refractivity contribution >= 4 is 35.8 Å². The molecule has 1 aliphatic heterocycles. The molecule has 1 aliphatic rings. The number of carbonyl (C=O) groups excluding carboxylic acids is 1. The topological polar surface area (TPSA) is 66.4 Å². The number of fused-ring (bicyclic) bond motifs is 1. The van der Waals surface area contributed by atoms with Crippen LogP contribution in [-0.2, 0) is 17.8 Å². The summed E-state index contributed by atoms with van der Waals surface area (Å²) in [5.41, 5.74) is 2.36. The lowest BCUT2D eigenvalue weighted by Gasteiger charge is -2.30. The Hall–Kier alpha value is -1.97. The first kappa shape index (κ1) is 29.1. The number of rotatable bonds is 12. The van der Waals surface area contributed by atoms with Crippen LogP contribution in [0.15, 0.2) is 29.8 Å². The van der Waals surface area contributed by atoms with E-state index >= 15 is 0 Å². The highest BCUT2D eigenvalue weighted by Gasteiger charge is 2.22. The Morgan fingerprint density at radius 2 is 1.88 bits per heavy atom. The van der Waals surface area contributed by atoms with Gasteiger partial charge in [-0.15, -0.1) is 30.6 Å². The zero-order chi connectivity index (χ0) is 23.3. The second kappa shape index (κ2) is 15.8. The molecular weight excluding hydrogens is 531 g/mol. The summed E-state index contributed by atoms with van der Waals surface area (Å²) in [5, 5.41) is 3.38. The van der Waals surface area contributed by atoms with Crippen molar-refractivity contribution < 1.29 is 14.3 Å². The average Bonchev–Trinajstić information content (AvgIpc) is 2.82. The fraction of sp³-hybridized carbons (Fsp3) is 0.600. The molecule has 1 heterocycles. The predicted molar refractivity (Wildman–Crippen MR) is 146 cm³/mol. The number of guanidine groups is 1. The molecular formula is C25H41IN4O3. The van der Waals surface area contributed by atoms with Crippen LogP contribution < -0.4 is 14.8 Å². The van der Waals surface area contributed by atoms with Crippen molar-refractivity contribution in [1.29, 1.82) is 0 Å². The van der Waals surface area contributed by atoms with Gasteiger partial charge in [-0.25, -0.2) is 0 Å². The Kier molecular flexibility index (Phi) is 13.9. The number of amides is 1. The lowest BCUT2D eigenvalue weighted by atomic mass is 9.98. The predicted octanol–water partition coefficient (Wildman–Crippen LogP) is 4.24. The third-order valence-corrected chi connectivity index (χ3v) is 5.90. The molecule has 0 bridgehead atoms. The van der Waals surface area contributed by atoms with Crippen molar-refractivity contribution in [2.45, 2.75) is 51.5 Å². The van der Waals surface area contributed by atoms with Crippen LogP contribution in [0, 0.1) is 0 Å². The normalized spacial score (nSPS) is 13.0. The van der Waals surface area contributed by atoms with Crippen LogP contribution in [0.4, 0.5) is 0 Å². The summed E-state index contributed by atoms with van der Waals surface area (Å²) in [6.45, 7) is 6.83. The maximum Gasteiger partial charge on any atom is 0.222 e. The SMILES string of the molecule is C=CCCCCCN(C)C(=NC)NCCCC(=O)N1CCc2cc(OC)c(OC)cc2C1.I. The molecule has 2 rings (SSSR count). The maximum atomic E-state index is 12.8. The first-order chi connectivity index (χ1) is 15.5. The molecule has 1 amide bonds. The van der Waals surface area contributed by atoms with E-state index in [0.29, 0.717) is 18.7 Å². The fourth-order valence-electron chi connectivity index (χ4n) is 4.00. The Labute approximate surface area is 216 Å². The van der Waals surface area contributed by atoms with Crippen LogP contribution in [-0.4, -0.2) is 69.6 Å². The van der Waals surface area contributed by atoms with Crippen molar-refractivity contribution in [2.75, 3.05) is 47.9 Å². The summed E-state index contributed by atoms with van der Waals surface area (Å²) in [5.74, 6) is 2.53. The Morgan fingerprint density at radius 1 is 1.18 bits per heavy atom. The van der Waals surface area contributed by atoms with Crippen molar-refractivity contribution in [2.24, 2.45) is 4.99 Å². The molecule has 7 nitrogen and oxygen atoms in total. The van der Waals surface area contributed by atoms with E-state index < -0.39 is 0 Å². The monoisotopic (exact) mass is 572 g/mol. The van der Waals surface area contributed by atoms with Gasteiger partial charge in [0.25, 0.3) is 0 Å². The quantitative estimate of drug-likeness (QED) is 0.134.